The molecule has 29 heavy (non-hydrogen) atoms. The van der Waals surface area contributed by atoms with Gasteiger partial charge >= 0.3 is 6.18 Å². The van der Waals surface area contributed by atoms with E-state index < -0.39 is 11.7 Å². The van der Waals surface area contributed by atoms with Gasteiger partial charge in [-0.3, -0.25) is 0 Å². The van der Waals surface area contributed by atoms with E-state index in [9.17, 15) is 13.2 Å². The second-order valence-electron chi connectivity index (χ2n) is 6.69. The van der Waals surface area contributed by atoms with Crippen LogP contribution in [0.4, 0.5) is 13.2 Å². The maximum atomic E-state index is 12.9. The van der Waals surface area contributed by atoms with Gasteiger partial charge < -0.3 is 4.74 Å². The number of halogens is 3. The molecule has 0 bridgehead atoms. The summed E-state index contributed by atoms with van der Waals surface area (Å²) >= 11 is 1.28. The summed E-state index contributed by atoms with van der Waals surface area (Å²) in [5.74, 6) is 1.47. The van der Waals surface area contributed by atoms with E-state index in [0.717, 1.165) is 29.0 Å². The Labute approximate surface area is 172 Å². The Morgan fingerprint density at radius 3 is 2.48 bits per heavy atom. The van der Waals surface area contributed by atoms with Crippen molar-refractivity contribution in [1.82, 2.24) is 9.97 Å². The molecule has 3 rings (SSSR count). The van der Waals surface area contributed by atoms with Gasteiger partial charge in [0, 0.05) is 17.5 Å². The minimum atomic E-state index is -4.35. The molecule has 0 saturated heterocycles. The molecule has 2 aromatic carbocycles. The van der Waals surface area contributed by atoms with Crippen molar-refractivity contribution in [3.8, 4) is 11.6 Å². The molecule has 152 valence electrons. The molecule has 0 N–H and O–H groups in total. The van der Waals surface area contributed by atoms with Gasteiger partial charge in [-0.05, 0) is 43.5 Å². The predicted molar refractivity (Wildman–Crippen MR) is 108 cm³/mol. The van der Waals surface area contributed by atoms with Crippen molar-refractivity contribution in [3.63, 3.8) is 0 Å². The highest BCUT2D eigenvalue weighted by molar-refractivity contribution is 7.98. The van der Waals surface area contributed by atoms with Gasteiger partial charge in [0.25, 0.3) is 0 Å². The summed E-state index contributed by atoms with van der Waals surface area (Å²) in [7, 11) is 0. The number of thioether (sulfide) groups is 1. The van der Waals surface area contributed by atoms with Crippen LogP contribution in [0.25, 0.3) is 0 Å². The average Bonchev–Trinajstić information content (AvgIpc) is 2.68. The third kappa shape index (κ3) is 5.73. The number of rotatable bonds is 6. The zero-order chi connectivity index (χ0) is 21.0. The molecule has 0 saturated carbocycles. The number of ether oxygens (including phenoxy) is 1. The Balaban J connectivity index is 1.78. The van der Waals surface area contributed by atoms with Crippen LogP contribution in [0, 0.1) is 13.8 Å². The summed E-state index contributed by atoms with van der Waals surface area (Å²) in [6.45, 7) is 5.96. The van der Waals surface area contributed by atoms with E-state index in [1.165, 1.54) is 17.8 Å². The summed E-state index contributed by atoms with van der Waals surface area (Å²) in [4.78, 5) is 8.90. The van der Waals surface area contributed by atoms with Crippen molar-refractivity contribution >= 4 is 11.8 Å². The first-order chi connectivity index (χ1) is 13.7. The molecule has 0 radical (unpaired) electrons. The maximum absolute atomic E-state index is 12.9. The second-order valence-corrected chi connectivity index (χ2v) is 7.63. The number of hydrogen-bond acceptors (Lipinski definition) is 4. The summed E-state index contributed by atoms with van der Waals surface area (Å²) < 4.78 is 44.6. The lowest BCUT2D eigenvalue weighted by Crippen LogP contribution is -2.05. The van der Waals surface area contributed by atoms with Crippen LogP contribution in [0.3, 0.4) is 0 Å². The fraction of sp³-hybridized carbons (Fsp3) is 0.273. The Morgan fingerprint density at radius 2 is 1.79 bits per heavy atom. The van der Waals surface area contributed by atoms with Crippen LogP contribution in [-0.2, 0) is 18.3 Å². The van der Waals surface area contributed by atoms with Gasteiger partial charge in [0.15, 0.2) is 5.16 Å². The van der Waals surface area contributed by atoms with Gasteiger partial charge in [-0.2, -0.15) is 18.2 Å². The molecule has 0 atom stereocenters. The van der Waals surface area contributed by atoms with Crippen molar-refractivity contribution in [2.75, 3.05) is 0 Å². The number of aromatic nitrogens is 2. The topological polar surface area (TPSA) is 35.0 Å². The predicted octanol–water partition coefficient (Wildman–Crippen LogP) is 6.76. The molecule has 0 unspecified atom stereocenters. The fourth-order valence-corrected chi connectivity index (χ4v) is 3.57. The number of aryl methyl sites for hydroxylation is 3. The summed E-state index contributed by atoms with van der Waals surface area (Å²) in [5.41, 5.74) is 2.86. The first kappa shape index (κ1) is 21.2. The summed E-state index contributed by atoms with van der Waals surface area (Å²) in [6.07, 6.45) is -3.66. The smallest absolute Gasteiger partial charge is 0.416 e. The van der Waals surface area contributed by atoms with Crippen LogP contribution in [0.1, 0.15) is 34.9 Å². The molecule has 0 spiro atoms. The first-order valence-corrected chi connectivity index (χ1v) is 10.1. The molecule has 1 heterocycles. The van der Waals surface area contributed by atoms with Crippen LogP contribution in [0.5, 0.6) is 11.6 Å². The van der Waals surface area contributed by atoms with E-state index in [-0.39, 0.29) is 0 Å². The minimum Gasteiger partial charge on any atom is -0.439 e. The zero-order valence-electron chi connectivity index (χ0n) is 16.4. The van der Waals surface area contributed by atoms with E-state index in [1.54, 1.807) is 12.1 Å². The molecule has 0 aliphatic heterocycles. The minimum absolute atomic E-state index is 0.333. The van der Waals surface area contributed by atoms with E-state index in [1.807, 2.05) is 39.0 Å². The number of benzene rings is 2. The zero-order valence-corrected chi connectivity index (χ0v) is 17.2. The van der Waals surface area contributed by atoms with Crippen LogP contribution >= 0.6 is 11.8 Å². The van der Waals surface area contributed by atoms with E-state index in [4.69, 9.17) is 4.74 Å². The first-order valence-electron chi connectivity index (χ1n) is 9.16. The molecule has 7 heteroatoms. The van der Waals surface area contributed by atoms with Crippen molar-refractivity contribution in [2.24, 2.45) is 0 Å². The van der Waals surface area contributed by atoms with Gasteiger partial charge in [-0.1, -0.05) is 54.6 Å². The van der Waals surface area contributed by atoms with E-state index in [2.05, 4.69) is 9.97 Å². The van der Waals surface area contributed by atoms with Gasteiger partial charge in [0.05, 0.1) is 5.56 Å². The van der Waals surface area contributed by atoms with Crippen molar-refractivity contribution in [3.05, 3.63) is 76.5 Å². The number of nitrogens with zero attached hydrogens (tertiary/aromatic N) is 2. The number of hydrogen-bond donors (Lipinski definition) is 0. The Hall–Kier alpha value is -2.54. The third-order valence-electron chi connectivity index (χ3n) is 4.26. The highest BCUT2D eigenvalue weighted by Crippen LogP contribution is 2.31. The molecule has 3 aromatic rings. The van der Waals surface area contributed by atoms with Crippen molar-refractivity contribution in [1.29, 1.82) is 0 Å². The normalized spacial score (nSPS) is 11.5. The highest BCUT2D eigenvalue weighted by atomic mass is 32.2. The highest BCUT2D eigenvalue weighted by Gasteiger charge is 2.30. The lowest BCUT2D eigenvalue weighted by atomic mass is 10.1. The van der Waals surface area contributed by atoms with Gasteiger partial charge in [0.1, 0.15) is 5.75 Å². The molecule has 3 nitrogen and oxygen atoms in total. The fourth-order valence-electron chi connectivity index (χ4n) is 2.76. The van der Waals surface area contributed by atoms with Crippen LogP contribution in [-0.4, -0.2) is 9.97 Å². The molecular formula is C22H21F3N2OS. The SMILES string of the molecule is CCc1cc(Oc2ccc(C)cc2C)nc(SCc2cccc(C(F)(F)F)c2)n1. The quantitative estimate of drug-likeness (QED) is 0.327. The second kappa shape index (κ2) is 8.86. The maximum Gasteiger partial charge on any atom is 0.416 e. The van der Waals surface area contributed by atoms with Crippen molar-refractivity contribution in [2.45, 2.75) is 44.3 Å². The van der Waals surface area contributed by atoms with Gasteiger partial charge in [0.2, 0.25) is 5.88 Å². The number of alkyl halides is 3. The summed E-state index contributed by atoms with van der Waals surface area (Å²) in [5, 5.41) is 0.474. The largest absolute Gasteiger partial charge is 0.439 e. The van der Waals surface area contributed by atoms with Crippen molar-refractivity contribution < 1.29 is 17.9 Å². The molecule has 1 aromatic heterocycles. The molecule has 0 fully saturated rings. The van der Waals surface area contributed by atoms with Gasteiger partial charge in [-0.25, -0.2) is 4.98 Å². The van der Waals surface area contributed by atoms with Gasteiger partial charge in [-0.15, -0.1) is 0 Å². The molecular weight excluding hydrogens is 397 g/mol. The molecule has 0 amide bonds. The molecule has 0 aliphatic carbocycles. The van der Waals surface area contributed by atoms with Crippen LogP contribution < -0.4 is 4.74 Å². The van der Waals surface area contributed by atoms with E-state index in [0.29, 0.717) is 34.5 Å². The van der Waals surface area contributed by atoms with Crippen LogP contribution in [0.15, 0.2) is 53.7 Å². The Bertz CT molecular complexity index is 1010. The molecule has 0 aliphatic rings. The third-order valence-corrected chi connectivity index (χ3v) is 5.18. The standard InChI is InChI=1S/C22H21F3N2OS/c1-4-18-12-20(28-19-9-8-14(2)10-15(19)3)27-21(26-18)29-13-16-6-5-7-17(11-16)22(23,24)25/h5-12H,4,13H2,1-3H3. The Morgan fingerprint density at radius 1 is 1.00 bits per heavy atom. The summed E-state index contributed by atoms with van der Waals surface area (Å²) in [6, 6.07) is 13.0. The Kier molecular flexibility index (Phi) is 6.47. The monoisotopic (exact) mass is 418 g/mol. The lowest BCUT2D eigenvalue weighted by molar-refractivity contribution is -0.137. The van der Waals surface area contributed by atoms with Crippen LogP contribution in [0.2, 0.25) is 0 Å². The average molecular weight is 418 g/mol. The van der Waals surface area contributed by atoms with E-state index >= 15 is 0 Å². The lowest BCUT2D eigenvalue weighted by Gasteiger charge is -2.11.